The van der Waals surface area contributed by atoms with E-state index in [1.807, 2.05) is 17.8 Å². The molecule has 3 rings (SSSR count). The molecule has 0 radical (unpaired) electrons. The van der Waals surface area contributed by atoms with Crippen LogP contribution in [0.2, 0.25) is 0 Å². The van der Waals surface area contributed by atoms with Gasteiger partial charge in [0.05, 0.1) is 6.04 Å². The molecular formula is C23H29NOS. The number of fused-ring (bicyclic) bond motifs is 1. The van der Waals surface area contributed by atoms with Gasteiger partial charge < -0.3 is 5.32 Å². The van der Waals surface area contributed by atoms with Gasteiger partial charge >= 0.3 is 0 Å². The molecule has 0 fully saturated rings. The Morgan fingerprint density at radius 1 is 1.08 bits per heavy atom. The summed E-state index contributed by atoms with van der Waals surface area (Å²) in [4.78, 5) is 12.4. The molecule has 0 saturated carbocycles. The molecule has 138 valence electrons. The van der Waals surface area contributed by atoms with Gasteiger partial charge in [0.1, 0.15) is 0 Å². The summed E-state index contributed by atoms with van der Waals surface area (Å²) in [5, 5.41) is 3.24. The maximum atomic E-state index is 12.4. The van der Waals surface area contributed by atoms with Crippen molar-refractivity contribution in [1.29, 1.82) is 0 Å². The van der Waals surface area contributed by atoms with Crippen molar-refractivity contribution in [2.24, 2.45) is 0 Å². The van der Waals surface area contributed by atoms with Gasteiger partial charge in [-0.2, -0.15) is 11.8 Å². The quantitative estimate of drug-likeness (QED) is 0.628. The average Bonchev–Trinajstić information content (AvgIpc) is 2.70. The van der Waals surface area contributed by atoms with E-state index in [0.29, 0.717) is 6.42 Å². The second-order valence-corrected chi connectivity index (χ2v) is 8.16. The molecule has 0 aliphatic heterocycles. The van der Waals surface area contributed by atoms with E-state index < -0.39 is 0 Å². The summed E-state index contributed by atoms with van der Waals surface area (Å²) in [6, 6.07) is 17.4. The second-order valence-electron chi connectivity index (χ2n) is 7.05. The van der Waals surface area contributed by atoms with Gasteiger partial charge in [-0.3, -0.25) is 4.79 Å². The van der Waals surface area contributed by atoms with Crippen molar-refractivity contribution in [2.45, 2.75) is 57.2 Å². The molecule has 26 heavy (non-hydrogen) atoms. The Morgan fingerprint density at radius 3 is 2.62 bits per heavy atom. The lowest BCUT2D eigenvalue weighted by Gasteiger charge is -2.21. The third-order valence-electron chi connectivity index (χ3n) is 5.10. The first kappa shape index (κ1) is 19.0. The van der Waals surface area contributed by atoms with Crippen LogP contribution in [0.1, 0.15) is 60.9 Å². The third-order valence-corrected chi connectivity index (χ3v) is 6.13. The Hall–Kier alpha value is -1.74. The summed E-state index contributed by atoms with van der Waals surface area (Å²) >= 11 is 1.82. The highest BCUT2D eigenvalue weighted by atomic mass is 32.2. The van der Waals surface area contributed by atoms with Crippen molar-refractivity contribution < 1.29 is 4.79 Å². The Kier molecular flexibility index (Phi) is 7.19. The Bertz CT molecular complexity index is 713. The van der Waals surface area contributed by atoms with Gasteiger partial charge in [0.25, 0.3) is 0 Å². The molecule has 1 amide bonds. The molecule has 0 bridgehead atoms. The van der Waals surface area contributed by atoms with Gasteiger partial charge in [0, 0.05) is 17.9 Å². The lowest BCUT2D eigenvalue weighted by atomic mass is 9.89. The molecule has 1 aliphatic rings. The monoisotopic (exact) mass is 367 g/mol. The summed E-state index contributed by atoms with van der Waals surface area (Å²) < 4.78 is 0. The van der Waals surface area contributed by atoms with E-state index in [1.54, 1.807) is 0 Å². The zero-order valence-corrected chi connectivity index (χ0v) is 16.5. The molecule has 0 unspecified atom stereocenters. The van der Waals surface area contributed by atoms with Gasteiger partial charge in [-0.1, -0.05) is 55.5 Å². The Balaban J connectivity index is 1.47. The standard InChI is InChI=1S/C23H29NOS/c1-2-22(21-13-12-19-10-6-7-11-20(19)16-21)24-23(25)14-15-26-17-18-8-4-3-5-9-18/h3-5,8-9,12-13,16,22H,2,6-7,10-11,14-15,17H2,1H3,(H,24,25)/t22-/m1/s1. The third kappa shape index (κ3) is 5.38. The van der Waals surface area contributed by atoms with E-state index in [2.05, 4.69) is 54.7 Å². The van der Waals surface area contributed by atoms with E-state index in [4.69, 9.17) is 0 Å². The molecule has 0 heterocycles. The predicted octanol–water partition coefficient (Wildman–Crippen LogP) is 5.46. The summed E-state index contributed by atoms with van der Waals surface area (Å²) in [5.41, 5.74) is 5.56. The Labute approximate surface area is 161 Å². The van der Waals surface area contributed by atoms with Crippen LogP contribution in [0, 0.1) is 0 Å². The maximum absolute atomic E-state index is 12.4. The fraction of sp³-hybridized carbons (Fsp3) is 0.435. The van der Waals surface area contributed by atoms with Gasteiger partial charge in [-0.05, 0) is 54.4 Å². The van der Waals surface area contributed by atoms with Crippen LogP contribution < -0.4 is 5.32 Å². The molecule has 0 aromatic heterocycles. The van der Waals surface area contributed by atoms with Crippen molar-refractivity contribution >= 4 is 17.7 Å². The topological polar surface area (TPSA) is 29.1 Å². The molecule has 0 saturated heterocycles. The molecule has 2 nitrogen and oxygen atoms in total. The fourth-order valence-corrected chi connectivity index (χ4v) is 4.49. The van der Waals surface area contributed by atoms with E-state index in [9.17, 15) is 4.79 Å². The van der Waals surface area contributed by atoms with Crippen molar-refractivity contribution in [3.05, 3.63) is 70.8 Å². The first-order chi connectivity index (χ1) is 12.8. The first-order valence-electron chi connectivity index (χ1n) is 9.79. The minimum Gasteiger partial charge on any atom is -0.349 e. The van der Waals surface area contributed by atoms with Crippen molar-refractivity contribution in [3.8, 4) is 0 Å². The molecule has 2 aromatic carbocycles. The van der Waals surface area contributed by atoms with E-state index >= 15 is 0 Å². The minimum atomic E-state index is 0.133. The molecule has 1 atom stereocenters. The second kappa shape index (κ2) is 9.82. The van der Waals surface area contributed by atoms with Crippen LogP contribution in [-0.4, -0.2) is 11.7 Å². The SMILES string of the molecule is CC[C@@H](NC(=O)CCSCc1ccccc1)c1ccc2c(c1)CCCC2. The number of hydrogen-bond acceptors (Lipinski definition) is 2. The number of aryl methyl sites for hydroxylation is 2. The number of thioether (sulfide) groups is 1. The number of hydrogen-bond donors (Lipinski definition) is 1. The first-order valence-corrected chi connectivity index (χ1v) is 10.9. The molecular weight excluding hydrogens is 338 g/mol. The zero-order chi connectivity index (χ0) is 18.2. The van der Waals surface area contributed by atoms with Crippen LogP contribution in [-0.2, 0) is 23.4 Å². The van der Waals surface area contributed by atoms with Gasteiger partial charge in [0.2, 0.25) is 5.91 Å². The van der Waals surface area contributed by atoms with Crippen molar-refractivity contribution in [2.75, 3.05) is 5.75 Å². The van der Waals surface area contributed by atoms with Gasteiger partial charge in [0.15, 0.2) is 0 Å². The van der Waals surface area contributed by atoms with Gasteiger partial charge in [-0.25, -0.2) is 0 Å². The lowest BCUT2D eigenvalue weighted by Crippen LogP contribution is -2.28. The molecule has 1 aliphatic carbocycles. The smallest absolute Gasteiger partial charge is 0.221 e. The van der Waals surface area contributed by atoms with E-state index in [1.165, 1.54) is 47.9 Å². The van der Waals surface area contributed by atoms with Crippen LogP contribution in [0.4, 0.5) is 0 Å². The fourth-order valence-electron chi connectivity index (χ4n) is 3.59. The summed E-state index contributed by atoms with van der Waals surface area (Å²) in [5.74, 6) is 1.99. The lowest BCUT2D eigenvalue weighted by molar-refractivity contribution is -0.121. The highest BCUT2D eigenvalue weighted by Gasteiger charge is 2.16. The van der Waals surface area contributed by atoms with Crippen LogP contribution in [0.5, 0.6) is 0 Å². The normalized spacial score (nSPS) is 14.5. The summed E-state index contributed by atoms with van der Waals surface area (Å²) in [7, 11) is 0. The predicted molar refractivity (Wildman–Crippen MR) is 111 cm³/mol. The van der Waals surface area contributed by atoms with E-state index in [0.717, 1.165) is 17.9 Å². The van der Waals surface area contributed by atoms with Crippen LogP contribution in [0.3, 0.4) is 0 Å². The number of rotatable bonds is 8. The molecule has 2 aromatic rings. The van der Waals surface area contributed by atoms with E-state index in [-0.39, 0.29) is 11.9 Å². The number of carbonyl (C=O) groups is 1. The number of nitrogens with one attached hydrogen (secondary N) is 1. The maximum Gasteiger partial charge on any atom is 0.221 e. The average molecular weight is 368 g/mol. The highest BCUT2D eigenvalue weighted by molar-refractivity contribution is 7.98. The highest BCUT2D eigenvalue weighted by Crippen LogP contribution is 2.26. The molecule has 3 heteroatoms. The minimum absolute atomic E-state index is 0.133. The van der Waals surface area contributed by atoms with Crippen molar-refractivity contribution in [3.63, 3.8) is 0 Å². The Morgan fingerprint density at radius 2 is 1.85 bits per heavy atom. The number of carbonyl (C=O) groups excluding carboxylic acids is 1. The number of benzene rings is 2. The summed E-state index contributed by atoms with van der Waals surface area (Å²) in [6.07, 6.45) is 6.50. The summed E-state index contributed by atoms with van der Waals surface area (Å²) in [6.45, 7) is 2.15. The largest absolute Gasteiger partial charge is 0.349 e. The van der Waals surface area contributed by atoms with Crippen LogP contribution in [0.15, 0.2) is 48.5 Å². The van der Waals surface area contributed by atoms with Crippen LogP contribution in [0.25, 0.3) is 0 Å². The van der Waals surface area contributed by atoms with Crippen LogP contribution >= 0.6 is 11.8 Å². The molecule has 1 N–H and O–H groups in total. The zero-order valence-electron chi connectivity index (χ0n) is 15.7. The van der Waals surface area contributed by atoms with Gasteiger partial charge in [-0.15, -0.1) is 0 Å². The molecule has 0 spiro atoms. The van der Waals surface area contributed by atoms with Crippen molar-refractivity contribution in [1.82, 2.24) is 5.32 Å². The number of amides is 1.